The summed E-state index contributed by atoms with van der Waals surface area (Å²) in [6.07, 6.45) is 11.3. The van der Waals surface area contributed by atoms with Gasteiger partial charge in [0.15, 0.2) is 0 Å². The van der Waals surface area contributed by atoms with Gasteiger partial charge in [0.2, 0.25) is 0 Å². The van der Waals surface area contributed by atoms with Crippen molar-refractivity contribution in [2.75, 3.05) is 6.54 Å². The molecule has 0 aromatic carbocycles. The minimum absolute atomic E-state index is 0.815. The van der Waals surface area contributed by atoms with Crippen molar-refractivity contribution in [3.05, 3.63) is 0 Å². The average molecular weight is 225 g/mol. The van der Waals surface area contributed by atoms with E-state index in [1.807, 2.05) is 0 Å². The molecule has 1 saturated carbocycles. The van der Waals surface area contributed by atoms with Gasteiger partial charge in [-0.3, -0.25) is 0 Å². The summed E-state index contributed by atoms with van der Waals surface area (Å²) in [6, 6.07) is 0.815. The highest BCUT2D eigenvalue weighted by Gasteiger charge is 2.26. The van der Waals surface area contributed by atoms with E-state index in [0.29, 0.717) is 0 Å². The lowest BCUT2D eigenvalue weighted by atomic mass is 9.78. The van der Waals surface area contributed by atoms with Gasteiger partial charge in [-0.2, -0.15) is 0 Å². The van der Waals surface area contributed by atoms with Crippen LogP contribution in [0.25, 0.3) is 0 Å². The third kappa shape index (κ3) is 4.86. The fourth-order valence-electron chi connectivity index (χ4n) is 3.05. The molecule has 0 radical (unpaired) electrons. The molecule has 16 heavy (non-hydrogen) atoms. The van der Waals surface area contributed by atoms with Crippen LogP contribution in [0.5, 0.6) is 0 Å². The zero-order chi connectivity index (χ0) is 11.8. The molecule has 2 atom stereocenters. The van der Waals surface area contributed by atoms with Crippen LogP contribution in [0.2, 0.25) is 0 Å². The number of hydrogen-bond acceptors (Lipinski definition) is 1. The van der Waals surface area contributed by atoms with E-state index in [1.165, 1.54) is 57.9 Å². The molecule has 0 aromatic rings. The summed E-state index contributed by atoms with van der Waals surface area (Å²) in [5.41, 5.74) is 0. The summed E-state index contributed by atoms with van der Waals surface area (Å²) in [6.45, 7) is 8.31. The predicted octanol–water partition coefficient (Wildman–Crippen LogP) is 4.37. The number of unbranched alkanes of at least 4 members (excludes halogenated alkanes) is 3. The molecule has 0 bridgehead atoms. The largest absolute Gasteiger partial charge is 0.314 e. The minimum atomic E-state index is 0.815. The third-order valence-electron chi connectivity index (χ3n) is 4.11. The Bertz CT molecular complexity index is 165. The first-order valence-electron chi connectivity index (χ1n) is 7.49. The predicted molar refractivity (Wildman–Crippen MR) is 72.7 cm³/mol. The Morgan fingerprint density at radius 3 is 2.50 bits per heavy atom. The lowest BCUT2D eigenvalue weighted by molar-refractivity contribution is 0.205. The lowest BCUT2D eigenvalue weighted by Gasteiger charge is -2.35. The highest BCUT2D eigenvalue weighted by Crippen LogP contribution is 2.30. The first kappa shape index (κ1) is 14.0. The number of nitrogens with one attached hydrogen (secondary N) is 1. The van der Waals surface area contributed by atoms with Crippen LogP contribution in [0, 0.1) is 11.8 Å². The van der Waals surface area contributed by atoms with Gasteiger partial charge >= 0.3 is 0 Å². The molecule has 1 heteroatoms. The van der Waals surface area contributed by atoms with Crippen molar-refractivity contribution in [2.24, 2.45) is 11.8 Å². The summed E-state index contributed by atoms with van der Waals surface area (Å²) >= 11 is 0. The van der Waals surface area contributed by atoms with Gasteiger partial charge < -0.3 is 5.32 Å². The highest BCUT2D eigenvalue weighted by atomic mass is 14.9. The first-order chi connectivity index (χ1) is 7.75. The van der Waals surface area contributed by atoms with E-state index >= 15 is 0 Å². The topological polar surface area (TPSA) is 12.0 Å². The maximum Gasteiger partial charge on any atom is 0.00977 e. The van der Waals surface area contributed by atoms with E-state index in [9.17, 15) is 0 Å². The second kappa shape index (κ2) is 8.11. The van der Waals surface area contributed by atoms with E-state index in [0.717, 1.165) is 17.9 Å². The Labute approximate surface area is 102 Å². The van der Waals surface area contributed by atoms with Gasteiger partial charge in [0, 0.05) is 6.04 Å². The summed E-state index contributed by atoms with van der Waals surface area (Å²) in [5, 5.41) is 3.81. The quantitative estimate of drug-likeness (QED) is 0.634. The van der Waals surface area contributed by atoms with Gasteiger partial charge in [-0.1, -0.05) is 52.9 Å². The summed E-state index contributed by atoms with van der Waals surface area (Å²) in [7, 11) is 0. The van der Waals surface area contributed by atoms with E-state index in [1.54, 1.807) is 0 Å². The summed E-state index contributed by atoms with van der Waals surface area (Å²) in [4.78, 5) is 0. The Hall–Kier alpha value is -0.0400. The molecule has 0 aliphatic heterocycles. The number of rotatable bonds is 7. The molecular formula is C15H31N. The van der Waals surface area contributed by atoms with Crippen LogP contribution < -0.4 is 5.32 Å². The molecule has 1 aliphatic carbocycles. The van der Waals surface area contributed by atoms with E-state index in [-0.39, 0.29) is 0 Å². The monoisotopic (exact) mass is 225 g/mol. The number of hydrogen-bond donors (Lipinski definition) is 1. The van der Waals surface area contributed by atoms with Gasteiger partial charge in [-0.05, 0) is 37.6 Å². The lowest BCUT2D eigenvalue weighted by Crippen LogP contribution is -2.41. The molecule has 96 valence electrons. The van der Waals surface area contributed by atoms with Crippen LogP contribution in [0.4, 0.5) is 0 Å². The molecule has 0 spiro atoms. The third-order valence-corrected chi connectivity index (χ3v) is 4.11. The van der Waals surface area contributed by atoms with E-state index in [2.05, 4.69) is 26.1 Å². The Morgan fingerprint density at radius 1 is 1.06 bits per heavy atom. The normalized spacial score (nSPS) is 26.2. The van der Waals surface area contributed by atoms with Gasteiger partial charge in [-0.25, -0.2) is 0 Å². The summed E-state index contributed by atoms with van der Waals surface area (Å²) in [5.74, 6) is 1.79. The van der Waals surface area contributed by atoms with Crippen LogP contribution in [0.3, 0.4) is 0 Å². The molecule has 2 unspecified atom stereocenters. The van der Waals surface area contributed by atoms with Crippen molar-refractivity contribution in [1.29, 1.82) is 0 Å². The first-order valence-corrected chi connectivity index (χ1v) is 7.49. The smallest absolute Gasteiger partial charge is 0.00977 e. The minimum Gasteiger partial charge on any atom is -0.314 e. The Morgan fingerprint density at radius 2 is 1.81 bits per heavy atom. The maximum absolute atomic E-state index is 3.81. The molecule has 0 saturated heterocycles. The van der Waals surface area contributed by atoms with E-state index < -0.39 is 0 Å². The van der Waals surface area contributed by atoms with Crippen molar-refractivity contribution in [2.45, 2.75) is 78.2 Å². The van der Waals surface area contributed by atoms with Crippen LogP contribution in [0.15, 0.2) is 0 Å². The second-order valence-electron chi connectivity index (χ2n) is 5.81. The van der Waals surface area contributed by atoms with Gasteiger partial charge in [-0.15, -0.1) is 0 Å². The molecule has 1 fully saturated rings. The van der Waals surface area contributed by atoms with Gasteiger partial charge in [0.1, 0.15) is 0 Å². The molecule has 0 aromatic heterocycles. The SMILES string of the molecule is CCCCCCNC1CCCCC1C(C)C. The molecule has 1 aliphatic rings. The molecule has 1 N–H and O–H groups in total. The fraction of sp³-hybridized carbons (Fsp3) is 1.00. The van der Waals surface area contributed by atoms with E-state index in [4.69, 9.17) is 0 Å². The van der Waals surface area contributed by atoms with Crippen molar-refractivity contribution >= 4 is 0 Å². The fourth-order valence-corrected chi connectivity index (χ4v) is 3.05. The van der Waals surface area contributed by atoms with Crippen molar-refractivity contribution in [3.63, 3.8) is 0 Å². The van der Waals surface area contributed by atoms with Crippen LogP contribution in [0.1, 0.15) is 72.1 Å². The van der Waals surface area contributed by atoms with Crippen LogP contribution in [-0.2, 0) is 0 Å². The molecule has 0 heterocycles. The summed E-state index contributed by atoms with van der Waals surface area (Å²) < 4.78 is 0. The van der Waals surface area contributed by atoms with Gasteiger partial charge in [0.05, 0.1) is 0 Å². The van der Waals surface area contributed by atoms with Crippen LogP contribution in [-0.4, -0.2) is 12.6 Å². The van der Waals surface area contributed by atoms with Crippen molar-refractivity contribution in [1.82, 2.24) is 5.32 Å². The standard InChI is InChI=1S/C15H31N/c1-4-5-6-9-12-16-15-11-8-7-10-14(15)13(2)3/h13-16H,4-12H2,1-3H3. The molecule has 1 nitrogen and oxygen atoms in total. The maximum atomic E-state index is 3.81. The average Bonchev–Trinajstić information content (AvgIpc) is 2.29. The zero-order valence-corrected chi connectivity index (χ0v) is 11.6. The zero-order valence-electron chi connectivity index (χ0n) is 11.6. The Kier molecular flexibility index (Phi) is 7.11. The van der Waals surface area contributed by atoms with Crippen LogP contribution >= 0.6 is 0 Å². The van der Waals surface area contributed by atoms with Gasteiger partial charge in [0.25, 0.3) is 0 Å². The highest BCUT2D eigenvalue weighted by molar-refractivity contribution is 4.82. The molecule has 1 rings (SSSR count). The Balaban J connectivity index is 2.17. The second-order valence-corrected chi connectivity index (χ2v) is 5.81. The molecular weight excluding hydrogens is 194 g/mol. The molecule has 0 amide bonds. The van der Waals surface area contributed by atoms with Crippen molar-refractivity contribution in [3.8, 4) is 0 Å². The van der Waals surface area contributed by atoms with Crippen molar-refractivity contribution < 1.29 is 0 Å².